The summed E-state index contributed by atoms with van der Waals surface area (Å²) in [7, 11) is 0. The van der Waals surface area contributed by atoms with Gasteiger partial charge in [0.25, 0.3) is 0 Å². The lowest BCUT2D eigenvalue weighted by Gasteiger charge is -2.19. The van der Waals surface area contributed by atoms with Crippen molar-refractivity contribution in [3.05, 3.63) is 24.3 Å². The number of hydrogen-bond donors (Lipinski definition) is 1. The van der Waals surface area contributed by atoms with Crippen molar-refractivity contribution < 1.29 is 9.53 Å². The van der Waals surface area contributed by atoms with Crippen LogP contribution >= 0.6 is 0 Å². The molecule has 1 heterocycles. The van der Waals surface area contributed by atoms with E-state index in [9.17, 15) is 4.79 Å². The molecule has 1 aliphatic rings. The van der Waals surface area contributed by atoms with Gasteiger partial charge in [0.05, 0.1) is 6.54 Å². The molecular weight excluding hydrogens is 240 g/mol. The Morgan fingerprint density at radius 3 is 2.79 bits per heavy atom. The fourth-order valence-electron chi connectivity index (χ4n) is 2.44. The third kappa shape index (κ3) is 3.63. The summed E-state index contributed by atoms with van der Waals surface area (Å²) in [6, 6.07) is 8.35. The van der Waals surface area contributed by atoms with Crippen LogP contribution in [0, 0.1) is 5.92 Å². The van der Waals surface area contributed by atoms with Gasteiger partial charge in [-0.25, -0.2) is 4.79 Å². The fraction of sp³-hybridized carbons (Fsp3) is 0.533. The Morgan fingerprint density at radius 2 is 2.16 bits per heavy atom. The van der Waals surface area contributed by atoms with Crippen LogP contribution in [-0.4, -0.2) is 25.3 Å². The van der Waals surface area contributed by atoms with Crippen molar-refractivity contribution in [1.82, 2.24) is 0 Å². The highest BCUT2D eigenvalue weighted by molar-refractivity contribution is 5.89. The second-order valence-corrected chi connectivity index (χ2v) is 5.49. The van der Waals surface area contributed by atoms with Crippen LogP contribution in [0.3, 0.4) is 0 Å². The highest BCUT2D eigenvalue weighted by Gasteiger charge is 2.23. The molecule has 0 radical (unpaired) electrons. The third-order valence-electron chi connectivity index (χ3n) is 3.16. The fourth-order valence-corrected chi connectivity index (χ4v) is 2.44. The molecule has 2 rings (SSSR count). The molecule has 4 nitrogen and oxygen atoms in total. The van der Waals surface area contributed by atoms with Gasteiger partial charge in [0, 0.05) is 17.4 Å². The normalized spacial score (nSPS) is 16.6. The first-order valence-electron chi connectivity index (χ1n) is 6.87. The molecule has 0 saturated carbocycles. The van der Waals surface area contributed by atoms with E-state index in [0.717, 1.165) is 17.8 Å². The van der Waals surface area contributed by atoms with Crippen molar-refractivity contribution in [3.8, 4) is 0 Å². The number of rotatable bonds is 5. The number of carbonyl (C=O) groups excluding carboxylic acids is 1. The molecule has 104 valence electrons. The van der Waals surface area contributed by atoms with Gasteiger partial charge in [0.2, 0.25) is 0 Å². The van der Waals surface area contributed by atoms with Gasteiger partial charge in [-0.05, 0) is 37.5 Å². The van der Waals surface area contributed by atoms with Crippen LogP contribution < -0.4 is 10.2 Å². The van der Waals surface area contributed by atoms with Gasteiger partial charge in [-0.2, -0.15) is 0 Å². The highest BCUT2D eigenvalue weighted by atomic mass is 16.6. The van der Waals surface area contributed by atoms with E-state index in [-0.39, 0.29) is 6.09 Å². The number of anilines is 2. The number of carbonyl (C=O) groups is 1. The molecule has 19 heavy (non-hydrogen) atoms. The molecule has 1 atom stereocenters. The Balaban J connectivity index is 2.04. The highest BCUT2D eigenvalue weighted by Crippen LogP contribution is 2.23. The van der Waals surface area contributed by atoms with E-state index in [1.807, 2.05) is 24.3 Å². The number of nitrogens with one attached hydrogen (secondary N) is 1. The molecule has 1 aromatic carbocycles. The quantitative estimate of drug-likeness (QED) is 0.883. The first kappa shape index (κ1) is 13.7. The number of benzene rings is 1. The monoisotopic (exact) mass is 262 g/mol. The van der Waals surface area contributed by atoms with Crippen molar-refractivity contribution in [2.45, 2.75) is 33.2 Å². The first-order chi connectivity index (χ1) is 9.06. The van der Waals surface area contributed by atoms with E-state index in [1.54, 1.807) is 4.90 Å². The van der Waals surface area contributed by atoms with Gasteiger partial charge in [0.15, 0.2) is 0 Å². The lowest BCUT2D eigenvalue weighted by molar-refractivity contribution is 0.181. The van der Waals surface area contributed by atoms with Crippen molar-refractivity contribution >= 4 is 17.5 Å². The second-order valence-electron chi connectivity index (χ2n) is 5.49. The van der Waals surface area contributed by atoms with E-state index < -0.39 is 0 Å². The maximum Gasteiger partial charge on any atom is 0.414 e. The zero-order chi connectivity index (χ0) is 13.8. The van der Waals surface area contributed by atoms with E-state index in [0.29, 0.717) is 25.1 Å². The Morgan fingerprint density at radius 1 is 1.37 bits per heavy atom. The van der Waals surface area contributed by atoms with E-state index in [2.05, 4.69) is 26.1 Å². The standard InChI is InChI=1S/C15H22N2O2/c1-11(2)9-12(3)16-13-5-4-6-14(10-13)17-7-8-19-15(17)18/h4-6,10-12,16H,7-9H2,1-3H3. The lowest BCUT2D eigenvalue weighted by Crippen LogP contribution is -2.23. The maximum atomic E-state index is 11.5. The minimum absolute atomic E-state index is 0.257. The molecule has 0 bridgehead atoms. The molecule has 1 aromatic rings. The Kier molecular flexibility index (Phi) is 4.30. The zero-order valence-corrected chi connectivity index (χ0v) is 11.8. The summed E-state index contributed by atoms with van der Waals surface area (Å²) in [6.45, 7) is 7.71. The predicted octanol–water partition coefficient (Wildman–Crippen LogP) is 3.49. The smallest absolute Gasteiger partial charge is 0.414 e. The van der Waals surface area contributed by atoms with Gasteiger partial charge >= 0.3 is 6.09 Å². The Bertz CT molecular complexity index is 446. The summed E-state index contributed by atoms with van der Waals surface area (Å²) in [5.41, 5.74) is 1.94. The molecule has 1 amide bonds. The van der Waals surface area contributed by atoms with E-state index in [4.69, 9.17) is 4.74 Å². The summed E-state index contributed by atoms with van der Waals surface area (Å²) >= 11 is 0. The van der Waals surface area contributed by atoms with Crippen LogP contribution in [0.1, 0.15) is 27.2 Å². The SMILES string of the molecule is CC(C)CC(C)Nc1cccc(N2CCOC2=O)c1. The molecule has 1 unspecified atom stereocenters. The molecule has 4 heteroatoms. The van der Waals surface area contributed by atoms with Crippen molar-refractivity contribution in [2.75, 3.05) is 23.4 Å². The molecular formula is C15H22N2O2. The zero-order valence-electron chi connectivity index (χ0n) is 11.8. The number of cyclic esters (lactones) is 1. The van der Waals surface area contributed by atoms with Crippen LogP contribution in [0.5, 0.6) is 0 Å². The number of nitrogens with zero attached hydrogens (tertiary/aromatic N) is 1. The van der Waals surface area contributed by atoms with Crippen LogP contribution in [0.25, 0.3) is 0 Å². The molecule has 0 aliphatic carbocycles. The summed E-state index contributed by atoms with van der Waals surface area (Å²) in [6.07, 6.45) is 0.864. The molecule has 1 fully saturated rings. The van der Waals surface area contributed by atoms with Crippen LogP contribution in [0.15, 0.2) is 24.3 Å². The predicted molar refractivity (Wildman–Crippen MR) is 77.7 cm³/mol. The largest absolute Gasteiger partial charge is 0.447 e. The Labute approximate surface area is 114 Å². The average molecular weight is 262 g/mol. The summed E-state index contributed by atoms with van der Waals surface area (Å²) in [4.78, 5) is 13.2. The lowest BCUT2D eigenvalue weighted by atomic mass is 10.1. The van der Waals surface area contributed by atoms with E-state index in [1.165, 1.54) is 0 Å². The molecule has 1 aliphatic heterocycles. The Hall–Kier alpha value is -1.71. The minimum atomic E-state index is -0.257. The number of ether oxygens (including phenoxy) is 1. The van der Waals surface area contributed by atoms with Crippen LogP contribution in [-0.2, 0) is 4.74 Å². The summed E-state index contributed by atoms with van der Waals surface area (Å²) in [5.74, 6) is 0.666. The molecule has 1 saturated heterocycles. The van der Waals surface area contributed by atoms with Crippen LogP contribution in [0.4, 0.5) is 16.2 Å². The first-order valence-corrected chi connectivity index (χ1v) is 6.87. The number of hydrogen-bond acceptors (Lipinski definition) is 3. The number of amides is 1. The second kappa shape index (κ2) is 5.95. The average Bonchev–Trinajstić information content (AvgIpc) is 2.74. The van der Waals surface area contributed by atoms with Crippen LogP contribution in [0.2, 0.25) is 0 Å². The van der Waals surface area contributed by atoms with Crippen molar-refractivity contribution in [2.24, 2.45) is 5.92 Å². The molecule has 1 N–H and O–H groups in total. The van der Waals surface area contributed by atoms with Gasteiger partial charge in [0.1, 0.15) is 6.61 Å². The van der Waals surface area contributed by atoms with Crippen molar-refractivity contribution in [1.29, 1.82) is 0 Å². The van der Waals surface area contributed by atoms with Gasteiger partial charge in [-0.3, -0.25) is 4.90 Å². The van der Waals surface area contributed by atoms with Gasteiger partial charge < -0.3 is 10.1 Å². The molecule has 0 spiro atoms. The van der Waals surface area contributed by atoms with Gasteiger partial charge in [-0.15, -0.1) is 0 Å². The molecule has 0 aromatic heterocycles. The third-order valence-corrected chi connectivity index (χ3v) is 3.16. The maximum absolute atomic E-state index is 11.5. The summed E-state index contributed by atoms with van der Waals surface area (Å²) < 4.78 is 4.96. The summed E-state index contributed by atoms with van der Waals surface area (Å²) in [5, 5.41) is 3.47. The van der Waals surface area contributed by atoms with Crippen molar-refractivity contribution in [3.63, 3.8) is 0 Å². The van der Waals surface area contributed by atoms with Gasteiger partial charge in [-0.1, -0.05) is 19.9 Å². The minimum Gasteiger partial charge on any atom is -0.447 e. The van der Waals surface area contributed by atoms with E-state index >= 15 is 0 Å². The topological polar surface area (TPSA) is 41.6 Å².